The fourth-order valence-electron chi connectivity index (χ4n) is 3.88. The van der Waals surface area contributed by atoms with E-state index in [1.807, 2.05) is 6.92 Å². The molecule has 0 spiro atoms. The lowest BCUT2D eigenvalue weighted by Gasteiger charge is -2.11. The van der Waals surface area contributed by atoms with Crippen molar-refractivity contribution in [3.05, 3.63) is 0 Å². The van der Waals surface area contributed by atoms with Gasteiger partial charge in [-0.1, -0.05) is 117 Å². The van der Waals surface area contributed by atoms with Gasteiger partial charge in [0.15, 0.2) is 0 Å². The summed E-state index contributed by atoms with van der Waals surface area (Å²) in [6, 6.07) is 0. The molecule has 0 heterocycles. The van der Waals surface area contributed by atoms with Crippen LogP contribution in [-0.2, 0) is 19.1 Å². The van der Waals surface area contributed by atoms with Gasteiger partial charge in [0, 0.05) is 6.42 Å². The highest BCUT2D eigenvalue weighted by Gasteiger charge is 2.13. The molecule has 4 heteroatoms. The molecule has 0 bridgehead atoms. The van der Waals surface area contributed by atoms with Gasteiger partial charge in [-0.2, -0.15) is 0 Å². The van der Waals surface area contributed by atoms with Crippen LogP contribution in [0.5, 0.6) is 0 Å². The van der Waals surface area contributed by atoms with Gasteiger partial charge in [-0.25, -0.2) is 0 Å². The molecule has 1 atom stereocenters. The van der Waals surface area contributed by atoms with E-state index in [4.69, 9.17) is 9.47 Å². The zero-order valence-electron chi connectivity index (χ0n) is 21.8. The summed E-state index contributed by atoms with van der Waals surface area (Å²) in [6.45, 7) is 7.50. The molecule has 0 rings (SSSR count). The largest absolute Gasteiger partial charge is 0.466 e. The number of ether oxygens (including phenoxy) is 2. The SMILES string of the molecule is CCCCCOC(=O)CCCCCCCCCCCCCCC(C)C(=O)OCCCCC. The van der Waals surface area contributed by atoms with Crippen LogP contribution in [0.2, 0.25) is 0 Å². The van der Waals surface area contributed by atoms with Gasteiger partial charge >= 0.3 is 11.9 Å². The Kier molecular flexibility index (Phi) is 23.8. The lowest BCUT2D eigenvalue weighted by molar-refractivity contribution is -0.148. The fraction of sp³-hybridized carbons (Fsp3) is 0.929. The molecule has 0 aromatic carbocycles. The number of hydrogen-bond donors (Lipinski definition) is 0. The zero-order chi connectivity index (χ0) is 23.7. The van der Waals surface area contributed by atoms with E-state index in [2.05, 4.69) is 13.8 Å². The molecule has 0 amide bonds. The summed E-state index contributed by atoms with van der Waals surface area (Å²) in [5.41, 5.74) is 0. The number of esters is 2. The number of rotatable bonds is 24. The molecule has 1 unspecified atom stereocenters. The standard InChI is InChI=1S/C28H54O4/c1-4-6-20-24-31-27(29)23-19-17-15-13-11-9-8-10-12-14-16-18-22-26(3)28(30)32-25-21-7-5-2/h26H,4-25H2,1-3H3. The van der Waals surface area contributed by atoms with Gasteiger partial charge < -0.3 is 9.47 Å². The molecular formula is C28H54O4. The number of carbonyl (C=O) groups is 2. The first-order valence-electron chi connectivity index (χ1n) is 13.9. The van der Waals surface area contributed by atoms with E-state index in [0.717, 1.165) is 64.2 Å². The molecule has 0 saturated carbocycles. The Balaban J connectivity index is 3.27. The van der Waals surface area contributed by atoms with Crippen LogP contribution in [0, 0.1) is 5.92 Å². The minimum atomic E-state index is -0.0158. The Morgan fingerprint density at radius 3 is 1.50 bits per heavy atom. The molecular weight excluding hydrogens is 400 g/mol. The van der Waals surface area contributed by atoms with Crippen molar-refractivity contribution < 1.29 is 19.1 Å². The third-order valence-corrected chi connectivity index (χ3v) is 6.17. The lowest BCUT2D eigenvalue weighted by atomic mass is 10.0. The second-order valence-corrected chi connectivity index (χ2v) is 9.48. The van der Waals surface area contributed by atoms with Gasteiger partial charge in [0.1, 0.15) is 0 Å². The first kappa shape index (κ1) is 30.9. The zero-order valence-corrected chi connectivity index (χ0v) is 21.8. The first-order valence-corrected chi connectivity index (χ1v) is 13.9. The number of carbonyl (C=O) groups excluding carboxylic acids is 2. The average Bonchev–Trinajstić information content (AvgIpc) is 2.79. The second kappa shape index (κ2) is 24.6. The Morgan fingerprint density at radius 2 is 1.00 bits per heavy atom. The third kappa shape index (κ3) is 22.1. The molecule has 32 heavy (non-hydrogen) atoms. The second-order valence-electron chi connectivity index (χ2n) is 9.48. The molecule has 0 aromatic rings. The van der Waals surface area contributed by atoms with Crippen LogP contribution in [0.25, 0.3) is 0 Å². The van der Waals surface area contributed by atoms with Crippen molar-refractivity contribution in [3.63, 3.8) is 0 Å². The summed E-state index contributed by atoms with van der Waals surface area (Å²) in [7, 11) is 0. The highest BCUT2D eigenvalue weighted by Crippen LogP contribution is 2.15. The third-order valence-electron chi connectivity index (χ3n) is 6.17. The summed E-state index contributed by atoms with van der Waals surface area (Å²) in [5.74, 6) is 0.0226. The van der Waals surface area contributed by atoms with Crippen molar-refractivity contribution in [2.45, 2.75) is 149 Å². The molecule has 190 valence electrons. The first-order chi connectivity index (χ1) is 15.6. The highest BCUT2D eigenvalue weighted by molar-refractivity contribution is 5.71. The minimum absolute atomic E-state index is 0.0107. The summed E-state index contributed by atoms with van der Waals surface area (Å²) in [6.07, 6.45) is 23.1. The normalized spacial score (nSPS) is 12.0. The van der Waals surface area contributed by atoms with Crippen LogP contribution in [-0.4, -0.2) is 25.2 Å². The van der Waals surface area contributed by atoms with E-state index in [1.165, 1.54) is 57.8 Å². The van der Waals surface area contributed by atoms with Crippen molar-refractivity contribution in [2.24, 2.45) is 5.92 Å². The molecule has 0 saturated heterocycles. The topological polar surface area (TPSA) is 52.6 Å². The van der Waals surface area contributed by atoms with E-state index in [0.29, 0.717) is 19.6 Å². The van der Waals surface area contributed by atoms with Gasteiger partial charge in [-0.05, 0) is 25.7 Å². The predicted molar refractivity (Wildman–Crippen MR) is 135 cm³/mol. The van der Waals surface area contributed by atoms with Crippen molar-refractivity contribution in [1.82, 2.24) is 0 Å². The van der Waals surface area contributed by atoms with E-state index in [9.17, 15) is 9.59 Å². The maximum absolute atomic E-state index is 11.9. The van der Waals surface area contributed by atoms with Crippen LogP contribution in [0.15, 0.2) is 0 Å². The van der Waals surface area contributed by atoms with Crippen LogP contribution in [0.1, 0.15) is 149 Å². The number of unbranched alkanes of at least 4 members (excludes halogenated alkanes) is 15. The molecule has 0 aliphatic carbocycles. The molecule has 0 fully saturated rings. The van der Waals surface area contributed by atoms with E-state index in [-0.39, 0.29) is 17.9 Å². The maximum atomic E-state index is 11.9. The Bertz CT molecular complexity index is 422. The minimum Gasteiger partial charge on any atom is -0.466 e. The summed E-state index contributed by atoms with van der Waals surface area (Å²) >= 11 is 0. The molecule has 0 aromatic heterocycles. The lowest BCUT2D eigenvalue weighted by Crippen LogP contribution is -2.15. The Labute approximate surface area is 199 Å². The molecule has 0 aliphatic rings. The quantitative estimate of drug-likeness (QED) is 0.108. The van der Waals surface area contributed by atoms with Crippen molar-refractivity contribution in [1.29, 1.82) is 0 Å². The molecule has 0 N–H and O–H groups in total. The Morgan fingerprint density at radius 1 is 0.562 bits per heavy atom. The highest BCUT2D eigenvalue weighted by atomic mass is 16.5. The van der Waals surface area contributed by atoms with Crippen LogP contribution in [0.3, 0.4) is 0 Å². The average molecular weight is 455 g/mol. The van der Waals surface area contributed by atoms with E-state index in [1.54, 1.807) is 0 Å². The van der Waals surface area contributed by atoms with E-state index < -0.39 is 0 Å². The van der Waals surface area contributed by atoms with Gasteiger partial charge in [0.25, 0.3) is 0 Å². The molecule has 0 radical (unpaired) electrons. The molecule has 4 nitrogen and oxygen atoms in total. The summed E-state index contributed by atoms with van der Waals surface area (Å²) in [4.78, 5) is 23.5. The van der Waals surface area contributed by atoms with Crippen LogP contribution < -0.4 is 0 Å². The summed E-state index contributed by atoms with van der Waals surface area (Å²) in [5, 5.41) is 0. The number of hydrogen-bond acceptors (Lipinski definition) is 4. The van der Waals surface area contributed by atoms with Crippen molar-refractivity contribution >= 4 is 11.9 Å². The van der Waals surface area contributed by atoms with Gasteiger partial charge in [0.2, 0.25) is 0 Å². The van der Waals surface area contributed by atoms with Gasteiger partial charge in [-0.15, -0.1) is 0 Å². The monoisotopic (exact) mass is 454 g/mol. The van der Waals surface area contributed by atoms with Crippen molar-refractivity contribution in [2.75, 3.05) is 13.2 Å². The smallest absolute Gasteiger partial charge is 0.308 e. The Hall–Kier alpha value is -1.06. The van der Waals surface area contributed by atoms with E-state index >= 15 is 0 Å². The van der Waals surface area contributed by atoms with Crippen LogP contribution in [0.4, 0.5) is 0 Å². The predicted octanol–water partition coefficient (Wildman–Crippen LogP) is 8.55. The van der Waals surface area contributed by atoms with Gasteiger partial charge in [0.05, 0.1) is 19.1 Å². The summed E-state index contributed by atoms with van der Waals surface area (Å²) < 4.78 is 10.6. The maximum Gasteiger partial charge on any atom is 0.308 e. The van der Waals surface area contributed by atoms with Crippen molar-refractivity contribution in [3.8, 4) is 0 Å². The molecule has 0 aliphatic heterocycles. The van der Waals surface area contributed by atoms with Crippen LogP contribution >= 0.6 is 0 Å². The van der Waals surface area contributed by atoms with Gasteiger partial charge in [-0.3, -0.25) is 9.59 Å². The fourth-order valence-corrected chi connectivity index (χ4v) is 3.88.